The van der Waals surface area contributed by atoms with Gasteiger partial charge in [-0.15, -0.1) is 0 Å². The number of nitrogens with one attached hydrogen (secondary N) is 2. The third-order valence-electron chi connectivity index (χ3n) is 4.00. The number of aryl methyl sites for hydroxylation is 2. The molecule has 2 heterocycles. The first-order chi connectivity index (χ1) is 13.0. The molecule has 27 heavy (non-hydrogen) atoms. The van der Waals surface area contributed by atoms with E-state index >= 15 is 0 Å². The topological polar surface area (TPSA) is 84.0 Å². The predicted octanol–water partition coefficient (Wildman–Crippen LogP) is 3.28. The van der Waals surface area contributed by atoms with Crippen LogP contribution in [0.2, 0.25) is 0 Å². The maximum atomic E-state index is 12.5. The average molecular weight is 360 g/mol. The van der Waals surface area contributed by atoms with Crippen molar-refractivity contribution in [2.24, 2.45) is 0 Å². The summed E-state index contributed by atoms with van der Waals surface area (Å²) in [5.41, 5.74) is 3.91. The summed E-state index contributed by atoms with van der Waals surface area (Å²) in [6.07, 6.45) is 1.66. The zero-order valence-electron chi connectivity index (χ0n) is 15.2. The fraction of sp³-hybridized carbons (Fsp3) is 0.143. The Balaban J connectivity index is 1.68. The van der Waals surface area contributed by atoms with Crippen molar-refractivity contribution < 1.29 is 9.59 Å². The van der Waals surface area contributed by atoms with Gasteiger partial charge in [0.1, 0.15) is 11.4 Å². The van der Waals surface area contributed by atoms with Crippen molar-refractivity contribution in [1.29, 1.82) is 0 Å². The highest BCUT2D eigenvalue weighted by Gasteiger charge is 2.13. The smallest absolute Gasteiger partial charge is 0.274 e. The highest BCUT2D eigenvalue weighted by Crippen LogP contribution is 2.17. The van der Waals surface area contributed by atoms with Gasteiger partial charge in [-0.25, -0.2) is 4.98 Å². The Bertz CT molecular complexity index is 971. The van der Waals surface area contributed by atoms with Gasteiger partial charge in [0.15, 0.2) is 0 Å². The molecule has 0 unspecified atom stereocenters. The Morgan fingerprint density at radius 2 is 1.70 bits per heavy atom. The molecular weight excluding hydrogens is 340 g/mol. The minimum Gasteiger partial charge on any atom is -0.345 e. The van der Waals surface area contributed by atoms with Crippen LogP contribution in [0, 0.1) is 13.8 Å². The van der Waals surface area contributed by atoms with Crippen molar-refractivity contribution >= 4 is 17.5 Å². The van der Waals surface area contributed by atoms with Crippen molar-refractivity contribution in [3.63, 3.8) is 0 Å². The van der Waals surface area contributed by atoms with E-state index < -0.39 is 0 Å². The van der Waals surface area contributed by atoms with Crippen LogP contribution in [0.5, 0.6) is 0 Å². The van der Waals surface area contributed by atoms with Crippen LogP contribution in [0.25, 0.3) is 0 Å². The van der Waals surface area contributed by atoms with E-state index in [2.05, 4.69) is 20.6 Å². The summed E-state index contributed by atoms with van der Waals surface area (Å²) >= 11 is 0. The quantitative estimate of drug-likeness (QED) is 0.731. The van der Waals surface area contributed by atoms with Crippen molar-refractivity contribution in [1.82, 2.24) is 15.3 Å². The Morgan fingerprint density at radius 3 is 2.41 bits per heavy atom. The molecule has 0 aliphatic carbocycles. The second-order valence-electron chi connectivity index (χ2n) is 6.18. The standard InChI is InChI=1S/C21H20N4O2/c1-14-9-10-17(15(2)12-14)25-21(27)19-8-5-7-18(24-19)20(26)23-13-16-6-3-4-11-22-16/h3-12H,13H2,1-2H3,(H,23,26)(H,25,27). The number of carbonyl (C=O) groups excluding carboxylic acids is 2. The SMILES string of the molecule is Cc1ccc(NC(=O)c2cccc(C(=O)NCc3ccccn3)n2)c(C)c1. The first-order valence-corrected chi connectivity index (χ1v) is 8.57. The summed E-state index contributed by atoms with van der Waals surface area (Å²) in [5, 5.41) is 5.59. The van der Waals surface area contributed by atoms with E-state index in [1.54, 1.807) is 24.4 Å². The third-order valence-corrected chi connectivity index (χ3v) is 4.00. The largest absolute Gasteiger partial charge is 0.345 e. The van der Waals surface area contributed by atoms with Gasteiger partial charge in [-0.05, 0) is 49.7 Å². The van der Waals surface area contributed by atoms with Crippen LogP contribution in [-0.2, 0) is 6.54 Å². The van der Waals surface area contributed by atoms with Crippen molar-refractivity contribution in [3.05, 3.63) is 89.0 Å². The molecular formula is C21H20N4O2. The maximum absolute atomic E-state index is 12.5. The second kappa shape index (κ2) is 8.23. The summed E-state index contributed by atoms with van der Waals surface area (Å²) < 4.78 is 0. The van der Waals surface area contributed by atoms with E-state index in [0.29, 0.717) is 6.54 Å². The van der Waals surface area contributed by atoms with Crippen LogP contribution in [0.3, 0.4) is 0 Å². The molecule has 0 radical (unpaired) electrons. The van der Waals surface area contributed by atoms with E-state index in [-0.39, 0.29) is 23.2 Å². The number of carbonyl (C=O) groups is 2. The van der Waals surface area contributed by atoms with Crippen LogP contribution in [0.1, 0.15) is 37.8 Å². The van der Waals surface area contributed by atoms with Crippen LogP contribution in [0.4, 0.5) is 5.69 Å². The van der Waals surface area contributed by atoms with Crippen LogP contribution in [0.15, 0.2) is 60.8 Å². The normalized spacial score (nSPS) is 10.3. The molecule has 1 aromatic carbocycles. The molecule has 0 atom stereocenters. The number of benzene rings is 1. The molecule has 2 N–H and O–H groups in total. The Kier molecular flexibility index (Phi) is 5.56. The number of rotatable bonds is 5. The van der Waals surface area contributed by atoms with Crippen LogP contribution >= 0.6 is 0 Å². The molecule has 3 aromatic rings. The lowest BCUT2D eigenvalue weighted by atomic mass is 10.1. The molecule has 136 valence electrons. The van der Waals surface area contributed by atoms with E-state index in [1.807, 2.05) is 50.2 Å². The summed E-state index contributed by atoms with van der Waals surface area (Å²) in [5.74, 6) is -0.719. The lowest BCUT2D eigenvalue weighted by Crippen LogP contribution is -2.25. The number of amides is 2. The number of hydrogen-bond acceptors (Lipinski definition) is 4. The van der Waals surface area contributed by atoms with Gasteiger partial charge in [0.25, 0.3) is 11.8 Å². The fourth-order valence-corrected chi connectivity index (χ4v) is 2.59. The zero-order valence-corrected chi connectivity index (χ0v) is 15.2. The number of nitrogens with zero attached hydrogens (tertiary/aromatic N) is 2. The van der Waals surface area contributed by atoms with Crippen molar-refractivity contribution in [2.45, 2.75) is 20.4 Å². The van der Waals surface area contributed by atoms with E-state index in [4.69, 9.17) is 0 Å². The van der Waals surface area contributed by atoms with Crippen LogP contribution < -0.4 is 10.6 Å². The molecule has 0 spiro atoms. The molecule has 0 fully saturated rings. The molecule has 0 saturated carbocycles. The molecule has 6 nitrogen and oxygen atoms in total. The fourth-order valence-electron chi connectivity index (χ4n) is 2.59. The van der Waals surface area contributed by atoms with E-state index in [9.17, 15) is 9.59 Å². The van der Waals surface area contributed by atoms with Gasteiger partial charge in [0, 0.05) is 11.9 Å². The molecule has 6 heteroatoms. The molecule has 0 bridgehead atoms. The number of aromatic nitrogens is 2. The van der Waals surface area contributed by atoms with Gasteiger partial charge in [-0.2, -0.15) is 0 Å². The molecule has 2 aromatic heterocycles. The van der Waals surface area contributed by atoms with Crippen molar-refractivity contribution in [2.75, 3.05) is 5.32 Å². The minimum atomic E-state index is -0.360. The zero-order chi connectivity index (χ0) is 19.2. The van der Waals surface area contributed by atoms with Crippen molar-refractivity contribution in [3.8, 4) is 0 Å². The summed E-state index contributed by atoms with van der Waals surface area (Å²) in [6.45, 7) is 4.21. The Labute approximate surface area is 157 Å². The van der Waals surface area contributed by atoms with E-state index in [0.717, 1.165) is 22.5 Å². The molecule has 0 aliphatic heterocycles. The van der Waals surface area contributed by atoms with Crippen LogP contribution in [-0.4, -0.2) is 21.8 Å². The monoisotopic (exact) mass is 360 g/mol. The highest BCUT2D eigenvalue weighted by atomic mass is 16.2. The highest BCUT2D eigenvalue weighted by molar-refractivity contribution is 6.04. The maximum Gasteiger partial charge on any atom is 0.274 e. The summed E-state index contributed by atoms with van der Waals surface area (Å²) in [4.78, 5) is 33.1. The summed E-state index contributed by atoms with van der Waals surface area (Å²) in [7, 11) is 0. The van der Waals surface area contributed by atoms with Gasteiger partial charge in [-0.3, -0.25) is 14.6 Å². The summed E-state index contributed by atoms with van der Waals surface area (Å²) in [6, 6.07) is 16.0. The average Bonchev–Trinajstić information content (AvgIpc) is 2.69. The van der Waals surface area contributed by atoms with Gasteiger partial charge in [0.05, 0.1) is 12.2 Å². The lowest BCUT2D eigenvalue weighted by molar-refractivity contribution is 0.0945. The Morgan fingerprint density at radius 1 is 0.926 bits per heavy atom. The first-order valence-electron chi connectivity index (χ1n) is 8.57. The van der Waals surface area contributed by atoms with E-state index in [1.165, 1.54) is 0 Å². The molecule has 0 saturated heterocycles. The Hall–Kier alpha value is -3.54. The van der Waals surface area contributed by atoms with Gasteiger partial charge in [0.2, 0.25) is 0 Å². The van der Waals surface area contributed by atoms with Gasteiger partial charge >= 0.3 is 0 Å². The molecule has 2 amide bonds. The number of hydrogen-bond donors (Lipinski definition) is 2. The second-order valence-corrected chi connectivity index (χ2v) is 6.18. The minimum absolute atomic E-state index is 0.180. The van der Waals surface area contributed by atoms with Gasteiger partial charge < -0.3 is 10.6 Å². The predicted molar refractivity (Wildman–Crippen MR) is 104 cm³/mol. The number of pyridine rings is 2. The molecule has 3 rings (SSSR count). The first kappa shape index (κ1) is 18.3. The van der Waals surface area contributed by atoms with Gasteiger partial charge in [-0.1, -0.05) is 29.8 Å². The number of anilines is 1. The lowest BCUT2D eigenvalue weighted by Gasteiger charge is -2.09. The third kappa shape index (κ3) is 4.76. The molecule has 0 aliphatic rings.